The molecule has 0 bridgehead atoms. The number of nitrogens with one attached hydrogen (secondary N) is 1. The summed E-state index contributed by atoms with van der Waals surface area (Å²) in [6, 6.07) is 23.3. The second kappa shape index (κ2) is 10.5. The predicted molar refractivity (Wildman–Crippen MR) is 133 cm³/mol. The van der Waals surface area contributed by atoms with Crippen molar-refractivity contribution in [3.8, 4) is 5.75 Å². The van der Waals surface area contributed by atoms with Gasteiger partial charge in [-0.25, -0.2) is 4.98 Å². The molecular weight excluding hydrogens is 434 g/mol. The maximum absolute atomic E-state index is 12.5. The van der Waals surface area contributed by atoms with E-state index in [2.05, 4.69) is 35.9 Å². The number of rotatable bonds is 9. The molecule has 0 unspecified atom stereocenters. The molecule has 0 aliphatic heterocycles. The number of fused-ring (bicyclic) bond motifs is 1. The fourth-order valence-electron chi connectivity index (χ4n) is 3.93. The molecule has 5 nitrogen and oxygen atoms in total. The zero-order chi connectivity index (χ0) is 23.2. The zero-order valence-corrected chi connectivity index (χ0v) is 19.7. The molecule has 4 aromatic rings. The number of ether oxygens (including phenoxy) is 1. The van der Waals surface area contributed by atoms with E-state index in [9.17, 15) is 4.79 Å². The molecular formula is C27H28ClN3O2. The van der Waals surface area contributed by atoms with Gasteiger partial charge in [0.15, 0.2) is 0 Å². The third-order valence-corrected chi connectivity index (χ3v) is 5.93. The van der Waals surface area contributed by atoms with Crippen molar-refractivity contribution in [2.45, 2.75) is 32.7 Å². The van der Waals surface area contributed by atoms with Crippen molar-refractivity contribution < 1.29 is 9.53 Å². The molecule has 1 N–H and O–H groups in total. The summed E-state index contributed by atoms with van der Waals surface area (Å²) in [5.41, 5.74) is 3.68. The molecule has 0 radical (unpaired) electrons. The third kappa shape index (κ3) is 5.37. The molecule has 33 heavy (non-hydrogen) atoms. The number of carbonyl (C=O) groups excluding carboxylic acids is 1. The van der Waals surface area contributed by atoms with Crippen molar-refractivity contribution in [1.29, 1.82) is 0 Å². The Balaban J connectivity index is 1.45. The highest BCUT2D eigenvalue weighted by molar-refractivity contribution is 6.33. The average molecular weight is 462 g/mol. The van der Waals surface area contributed by atoms with Gasteiger partial charge in [-0.1, -0.05) is 67.9 Å². The topological polar surface area (TPSA) is 56.1 Å². The molecule has 0 spiro atoms. The smallest absolute Gasteiger partial charge is 0.252 e. The van der Waals surface area contributed by atoms with E-state index in [0.717, 1.165) is 22.6 Å². The summed E-state index contributed by atoms with van der Waals surface area (Å²) in [6.45, 7) is 6.00. The number of benzene rings is 3. The van der Waals surface area contributed by atoms with E-state index in [0.29, 0.717) is 42.6 Å². The number of nitrogens with zero attached hydrogens (tertiary/aromatic N) is 2. The molecule has 1 aromatic heterocycles. The van der Waals surface area contributed by atoms with Crippen LogP contribution in [0.15, 0.2) is 72.8 Å². The molecule has 0 atom stereocenters. The first-order valence-electron chi connectivity index (χ1n) is 11.2. The maximum Gasteiger partial charge on any atom is 0.252 e. The van der Waals surface area contributed by atoms with E-state index in [4.69, 9.17) is 21.3 Å². The highest BCUT2D eigenvalue weighted by atomic mass is 35.5. The molecule has 0 fully saturated rings. The van der Waals surface area contributed by atoms with Gasteiger partial charge in [0.05, 0.1) is 28.2 Å². The van der Waals surface area contributed by atoms with Crippen LogP contribution < -0.4 is 10.1 Å². The van der Waals surface area contributed by atoms with Crippen molar-refractivity contribution in [1.82, 2.24) is 14.9 Å². The number of imidazole rings is 1. The Kier molecular flexibility index (Phi) is 7.30. The monoisotopic (exact) mass is 461 g/mol. The molecule has 3 aromatic carbocycles. The summed E-state index contributed by atoms with van der Waals surface area (Å²) >= 11 is 6.14. The summed E-state index contributed by atoms with van der Waals surface area (Å²) in [6.07, 6.45) is 0.605. The molecule has 0 aliphatic rings. The van der Waals surface area contributed by atoms with Crippen molar-refractivity contribution in [3.63, 3.8) is 0 Å². The summed E-state index contributed by atoms with van der Waals surface area (Å²) in [4.78, 5) is 17.3. The standard InChI is InChI=1S/C27H28ClN3O2/c1-19(2)20-9-4-8-14-25(20)33-18-17-31-24-13-7-6-12-23(24)30-26(31)15-16-29-27(32)21-10-3-5-11-22(21)28/h3-14,19H,15-18H2,1-2H3,(H,29,32). The molecule has 6 heteroatoms. The minimum Gasteiger partial charge on any atom is -0.491 e. The first-order chi connectivity index (χ1) is 16.0. The quantitative estimate of drug-likeness (QED) is 0.339. The van der Waals surface area contributed by atoms with Gasteiger partial charge in [-0.15, -0.1) is 0 Å². The maximum atomic E-state index is 12.5. The Bertz CT molecular complexity index is 1250. The Morgan fingerprint density at radius 2 is 1.76 bits per heavy atom. The number of hydrogen-bond acceptors (Lipinski definition) is 3. The van der Waals surface area contributed by atoms with Crippen LogP contribution in [0.5, 0.6) is 5.75 Å². The van der Waals surface area contributed by atoms with Crippen LogP contribution in [0.1, 0.15) is 41.5 Å². The van der Waals surface area contributed by atoms with E-state index in [1.165, 1.54) is 5.56 Å². The summed E-state index contributed by atoms with van der Waals surface area (Å²) in [5.74, 6) is 2.05. The molecule has 1 heterocycles. The van der Waals surface area contributed by atoms with Crippen molar-refractivity contribution in [3.05, 3.63) is 94.8 Å². The van der Waals surface area contributed by atoms with E-state index in [1.54, 1.807) is 18.2 Å². The Hall–Kier alpha value is -3.31. The van der Waals surface area contributed by atoms with E-state index in [1.807, 2.05) is 42.5 Å². The lowest BCUT2D eigenvalue weighted by Crippen LogP contribution is -2.27. The number of hydrogen-bond donors (Lipinski definition) is 1. The number of amides is 1. The molecule has 0 saturated heterocycles. The average Bonchev–Trinajstić information content (AvgIpc) is 3.17. The fourth-order valence-corrected chi connectivity index (χ4v) is 4.15. The highest BCUT2D eigenvalue weighted by Gasteiger charge is 2.13. The van der Waals surface area contributed by atoms with Gasteiger partial charge >= 0.3 is 0 Å². The van der Waals surface area contributed by atoms with Crippen LogP contribution in [0.2, 0.25) is 5.02 Å². The Morgan fingerprint density at radius 1 is 1.03 bits per heavy atom. The fraction of sp³-hybridized carbons (Fsp3) is 0.259. The SMILES string of the molecule is CC(C)c1ccccc1OCCn1c(CCNC(=O)c2ccccc2Cl)nc2ccccc21. The summed E-state index contributed by atoms with van der Waals surface area (Å²) < 4.78 is 8.33. The number of carbonyl (C=O) groups is 1. The van der Waals surface area contributed by atoms with Crippen LogP contribution in [-0.2, 0) is 13.0 Å². The minimum absolute atomic E-state index is 0.183. The van der Waals surface area contributed by atoms with Crippen LogP contribution in [0.25, 0.3) is 11.0 Å². The molecule has 0 aliphatic carbocycles. The van der Waals surface area contributed by atoms with E-state index in [-0.39, 0.29) is 5.91 Å². The second-order valence-corrected chi connectivity index (χ2v) is 8.60. The van der Waals surface area contributed by atoms with Gasteiger partial charge in [-0.05, 0) is 41.8 Å². The minimum atomic E-state index is -0.183. The first-order valence-corrected chi connectivity index (χ1v) is 11.6. The lowest BCUT2D eigenvalue weighted by molar-refractivity contribution is 0.0954. The second-order valence-electron chi connectivity index (χ2n) is 8.20. The molecule has 170 valence electrons. The number of para-hydroxylation sites is 3. The van der Waals surface area contributed by atoms with E-state index >= 15 is 0 Å². The van der Waals surface area contributed by atoms with Gasteiger partial charge in [-0.3, -0.25) is 4.79 Å². The molecule has 4 rings (SSSR count). The largest absolute Gasteiger partial charge is 0.491 e. The van der Waals surface area contributed by atoms with Crippen LogP contribution in [-0.4, -0.2) is 28.6 Å². The number of halogens is 1. The van der Waals surface area contributed by atoms with Crippen molar-refractivity contribution in [2.24, 2.45) is 0 Å². The predicted octanol–water partition coefficient (Wildman–Crippen LogP) is 5.86. The van der Waals surface area contributed by atoms with Crippen LogP contribution in [0, 0.1) is 0 Å². The summed E-state index contributed by atoms with van der Waals surface area (Å²) in [7, 11) is 0. The van der Waals surface area contributed by atoms with Gasteiger partial charge in [-0.2, -0.15) is 0 Å². The summed E-state index contributed by atoms with van der Waals surface area (Å²) in [5, 5.41) is 3.40. The Morgan fingerprint density at radius 3 is 2.58 bits per heavy atom. The normalized spacial score (nSPS) is 11.2. The lowest BCUT2D eigenvalue weighted by atomic mass is 10.0. The van der Waals surface area contributed by atoms with Crippen molar-refractivity contribution in [2.75, 3.05) is 13.2 Å². The molecule has 0 saturated carbocycles. The third-order valence-electron chi connectivity index (χ3n) is 5.60. The Labute approximate surface area is 199 Å². The van der Waals surface area contributed by atoms with Gasteiger partial charge in [0.25, 0.3) is 5.91 Å². The van der Waals surface area contributed by atoms with Gasteiger partial charge in [0, 0.05) is 13.0 Å². The molecule has 1 amide bonds. The highest BCUT2D eigenvalue weighted by Crippen LogP contribution is 2.26. The number of aromatic nitrogens is 2. The first kappa shape index (κ1) is 22.9. The van der Waals surface area contributed by atoms with Gasteiger partial charge in [0.2, 0.25) is 0 Å². The van der Waals surface area contributed by atoms with Crippen LogP contribution in [0.4, 0.5) is 0 Å². The zero-order valence-electron chi connectivity index (χ0n) is 18.9. The van der Waals surface area contributed by atoms with E-state index < -0.39 is 0 Å². The van der Waals surface area contributed by atoms with Gasteiger partial charge in [0.1, 0.15) is 18.2 Å². The van der Waals surface area contributed by atoms with Crippen LogP contribution in [0.3, 0.4) is 0 Å². The van der Waals surface area contributed by atoms with Crippen molar-refractivity contribution >= 4 is 28.5 Å². The van der Waals surface area contributed by atoms with Crippen LogP contribution >= 0.6 is 11.6 Å². The lowest BCUT2D eigenvalue weighted by Gasteiger charge is -2.15. The van der Waals surface area contributed by atoms with Gasteiger partial charge < -0.3 is 14.6 Å².